The van der Waals surface area contributed by atoms with Gasteiger partial charge in [-0.25, -0.2) is 0 Å². The van der Waals surface area contributed by atoms with Gasteiger partial charge in [0.15, 0.2) is 0 Å². The number of halogens is 1. The predicted molar refractivity (Wildman–Crippen MR) is 47.4 cm³/mol. The smallest absolute Gasteiger partial charge is 0.253 e. The SMILES string of the molecule is O=C(c1ccc(Cl)cc1)N1CC1. The van der Waals surface area contributed by atoms with Gasteiger partial charge >= 0.3 is 0 Å². The number of amides is 1. The van der Waals surface area contributed by atoms with Crippen molar-refractivity contribution in [3.8, 4) is 0 Å². The van der Waals surface area contributed by atoms with E-state index in [1.165, 1.54) is 0 Å². The van der Waals surface area contributed by atoms with E-state index in [0.717, 1.165) is 18.7 Å². The summed E-state index contributed by atoms with van der Waals surface area (Å²) in [7, 11) is 0. The molecule has 1 aliphatic rings. The highest BCUT2D eigenvalue weighted by atomic mass is 35.5. The topological polar surface area (TPSA) is 20.1 Å². The Bertz CT molecular complexity index is 303. The molecule has 0 saturated carbocycles. The summed E-state index contributed by atoms with van der Waals surface area (Å²) in [5, 5.41) is 0.664. The molecule has 0 radical (unpaired) electrons. The minimum atomic E-state index is 0.103. The molecule has 1 saturated heterocycles. The number of rotatable bonds is 1. The molecule has 1 fully saturated rings. The van der Waals surface area contributed by atoms with Gasteiger partial charge in [-0.05, 0) is 24.3 Å². The second-order valence-corrected chi connectivity index (χ2v) is 3.24. The van der Waals surface area contributed by atoms with Crippen molar-refractivity contribution in [1.29, 1.82) is 0 Å². The second-order valence-electron chi connectivity index (χ2n) is 2.80. The van der Waals surface area contributed by atoms with E-state index in [0.29, 0.717) is 5.02 Å². The molecule has 2 rings (SSSR count). The molecule has 1 aromatic rings. The Morgan fingerprint density at radius 2 is 1.83 bits per heavy atom. The predicted octanol–water partition coefficient (Wildman–Crippen LogP) is 1.80. The summed E-state index contributed by atoms with van der Waals surface area (Å²) in [6.07, 6.45) is 0. The van der Waals surface area contributed by atoms with Crippen molar-refractivity contribution in [2.75, 3.05) is 13.1 Å². The molecule has 0 aliphatic carbocycles. The number of carbonyl (C=O) groups is 1. The molecule has 62 valence electrons. The summed E-state index contributed by atoms with van der Waals surface area (Å²) in [4.78, 5) is 13.2. The first-order valence-corrected chi connectivity index (χ1v) is 4.20. The molecule has 3 heteroatoms. The van der Waals surface area contributed by atoms with Gasteiger partial charge in [0.05, 0.1) is 0 Å². The Morgan fingerprint density at radius 3 is 2.33 bits per heavy atom. The van der Waals surface area contributed by atoms with E-state index in [1.807, 2.05) is 0 Å². The lowest BCUT2D eigenvalue weighted by molar-refractivity contribution is 0.0885. The summed E-state index contributed by atoms with van der Waals surface area (Å²) in [6, 6.07) is 6.97. The molecule has 1 aromatic carbocycles. The first-order valence-electron chi connectivity index (χ1n) is 3.82. The summed E-state index contributed by atoms with van der Waals surface area (Å²) >= 11 is 5.69. The van der Waals surface area contributed by atoms with Crippen molar-refractivity contribution in [3.63, 3.8) is 0 Å². The van der Waals surface area contributed by atoms with E-state index in [-0.39, 0.29) is 5.91 Å². The normalized spacial score (nSPS) is 14.6. The largest absolute Gasteiger partial charge is 0.335 e. The van der Waals surface area contributed by atoms with Crippen LogP contribution in [0.15, 0.2) is 24.3 Å². The standard InChI is InChI=1S/C9H8ClNO/c10-8-3-1-7(2-4-8)9(12)11-5-6-11/h1-4H,5-6H2. The maximum atomic E-state index is 11.4. The molecular formula is C9H8ClNO. The molecule has 1 heterocycles. The number of hydrogen-bond acceptors (Lipinski definition) is 1. The third-order valence-electron chi connectivity index (χ3n) is 1.83. The zero-order valence-electron chi connectivity index (χ0n) is 6.46. The lowest BCUT2D eigenvalue weighted by Gasteiger charge is -2.00. The Hall–Kier alpha value is -1.02. The van der Waals surface area contributed by atoms with Crippen LogP contribution in [0.3, 0.4) is 0 Å². The van der Waals surface area contributed by atoms with E-state index in [2.05, 4.69) is 0 Å². The molecule has 12 heavy (non-hydrogen) atoms. The van der Waals surface area contributed by atoms with Crippen molar-refractivity contribution < 1.29 is 4.79 Å². The number of nitrogens with zero attached hydrogens (tertiary/aromatic N) is 1. The van der Waals surface area contributed by atoms with Crippen LogP contribution in [0.2, 0.25) is 5.02 Å². The lowest BCUT2D eigenvalue weighted by atomic mass is 10.2. The van der Waals surface area contributed by atoms with Gasteiger partial charge in [0.1, 0.15) is 0 Å². The lowest BCUT2D eigenvalue weighted by Crippen LogP contribution is -2.09. The van der Waals surface area contributed by atoms with Crippen molar-refractivity contribution in [1.82, 2.24) is 4.90 Å². The molecule has 2 nitrogen and oxygen atoms in total. The minimum Gasteiger partial charge on any atom is -0.335 e. The van der Waals surface area contributed by atoms with Crippen LogP contribution in [0.25, 0.3) is 0 Å². The molecule has 1 aliphatic heterocycles. The fourth-order valence-corrected chi connectivity index (χ4v) is 1.15. The highest BCUT2D eigenvalue weighted by molar-refractivity contribution is 6.30. The van der Waals surface area contributed by atoms with E-state index >= 15 is 0 Å². The fraction of sp³-hybridized carbons (Fsp3) is 0.222. The van der Waals surface area contributed by atoms with Gasteiger partial charge in [-0.3, -0.25) is 4.79 Å². The molecule has 0 atom stereocenters. The van der Waals surface area contributed by atoms with Crippen LogP contribution < -0.4 is 0 Å². The minimum absolute atomic E-state index is 0.103. The first-order chi connectivity index (χ1) is 5.77. The van der Waals surface area contributed by atoms with Gasteiger partial charge in [0.2, 0.25) is 0 Å². The molecule has 0 N–H and O–H groups in total. The van der Waals surface area contributed by atoms with Gasteiger partial charge in [0, 0.05) is 23.7 Å². The Labute approximate surface area is 75.7 Å². The molecule has 0 unspecified atom stereocenters. The molecular weight excluding hydrogens is 174 g/mol. The molecule has 1 amide bonds. The first kappa shape index (κ1) is 7.62. The third kappa shape index (κ3) is 1.43. The molecule has 0 bridgehead atoms. The highest BCUT2D eigenvalue weighted by Crippen LogP contribution is 2.14. The van der Waals surface area contributed by atoms with Crippen molar-refractivity contribution in [2.24, 2.45) is 0 Å². The summed E-state index contributed by atoms with van der Waals surface area (Å²) in [5.74, 6) is 0.103. The van der Waals surface area contributed by atoms with Crippen molar-refractivity contribution in [2.45, 2.75) is 0 Å². The molecule has 0 aromatic heterocycles. The van der Waals surface area contributed by atoms with Gasteiger partial charge in [-0.2, -0.15) is 0 Å². The van der Waals surface area contributed by atoms with E-state index in [9.17, 15) is 4.79 Å². The Kier molecular flexibility index (Phi) is 1.77. The second kappa shape index (κ2) is 2.79. The zero-order chi connectivity index (χ0) is 8.55. The van der Waals surface area contributed by atoms with Crippen LogP contribution in [0.5, 0.6) is 0 Å². The van der Waals surface area contributed by atoms with E-state index in [1.54, 1.807) is 29.2 Å². The van der Waals surface area contributed by atoms with Crippen LogP contribution in [-0.4, -0.2) is 23.9 Å². The maximum Gasteiger partial charge on any atom is 0.253 e. The van der Waals surface area contributed by atoms with Crippen LogP contribution in [0.1, 0.15) is 10.4 Å². The average Bonchev–Trinajstić information content (AvgIpc) is 2.87. The van der Waals surface area contributed by atoms with Gasteiger partial charge in [0.25, 0.3) is 5.91 Å². The number of benzene rings is 1. The van der Waals surface area contributed by atoms with Crippen LogP contribution in [-0.2, 0) is 0 Å². The third-order valence-corrected chi connectivity index (χ3v) is 2.08. The van der Waals surface area contributed by atoms with Gasteiger partial charge < -0.3 is 4.90 Å². The summed E-state index contributed by atoms with van der Waals surface area (Å²) in [6.45, 7) is 1.78. The van der Waals surface area contributed by atoms with Crippen molar-refractivity contribution >= 4 is 17.5 Å². The molecule has 0 spiro atoms. The maximum absolute atomic E-state index is 11.4. The highest BCUT2D eigenvalue weighted by Gasteiger charge is 2.24. The van der Waals surface area contributed by atoms with Crippen LogP contribution in [0, 0.1) is 0 Å². The Balaban J connectivity index is 2.22. The van der Waals surface area contributed by atoms with E-state index in [4.69, 9.17) is 11.6 Å². The van der Waals surface area contributed by atoms with Crippen LogP contribution in [0.4, 0.5) is 0 Å². The number of carbonyl (C=O) groups excluding carboxylic acids is 1. The summed E-state index contributed by atoms with van der Waals surface area (Å²) < 4.78 is 0. The quantitative estimate of drug-likeness (QED) is 0.605. The number of hydrogen-bond donors (Lipinski definition) is 0. The summed E-state index contributed by atoms with van der Waals surface area (Å²) in [5.41, 5.74) is 0.719. The Morgan fingerprint density at radius 1 is 1.25 bits per heavy atom. The van der Waals surface area contributed by atoms with Crippen LogP contribution >= 0.6 is 11.6 Å². The van der Waals surface area contributed by atoms with Crippen molar-refractivity contribution in [3.05, 3.63) is 34.9 Å². The van der Waals surface area contributed by atoms with E-state index < -0.39 is 0 Å². The van der Waals surface area contributed by atoms with Gasteiger partial charge in [-0.1, -0.05) is 11.6 Å². The van der Waals surface area contributed by atoms with Gasteiger partial charge in [-0.15, -0.1) is 0 Å². The average molecular weight is 182 g/mol. The monoisotopic (exact) mass is 181 g/mol. The fourth-order valence-electron chi connectivity index (χ4n) is 1.03. The zero-order valence-corrected chi connectivity index (χ0v) is 7.21.